The molecule has 0 atom stereocenters. The third kappa shape index (κ3) is 1.66. The van der Waals surface area contributed by atoms with Crippen LogP contribution in [0.3, 0.4) is 0 Å². The standard InChI is InChI=1S/C15H14N4O/c1-9-11-4-2-3-5-12(11)16-15(20)14(9)19-8-13(17-18-19)10-6-7-10/h2-5,8,10H,6-7H2,1H3,(H,16,20). The van der Waals surface area contributed by atoms with E-state index in [1.807, 2.05) is 37.4 Å². The number of benzene rings is 1. The van der Waals surface area contributed by atoms with Crippen LogP contribution in [0.15, 0.2) is 35.3 Å². The molecule has 100 valence electrons. The molecule has 4 rings (SSSR count). The van der Waals surface area contributed by atoms with Gasteiger partial charge in [0.15, 0.2) is 0 Å². The maximum Gasteiger partial charge on any atom is 0.274 e. The van der Waals surface area contributed by atoms with Crippen LogP contribution < -0.4 is 5.56 Å². The summed E-state index contributed by atoms with van der Waals surface area (Å²) < 4.78 is 1.61. The van der Waals surface area contributed by atoms with Crippen molar-refractivity contribution in [2.24, 2.45) is 0 Å². The molecule has 1 fully saturated rings. The fourth-order valence-corrected chi connectivity index (χ4v) is 2.63. The first-order valence-corrected chi connectivity index (χ1v) is 6.78. The van der Waals surface area contributed by atoms with Crippen LogP contribution in [0, 0.1) is 6.92 Å². The van der Waals surface area contributed by atoms with Crippen LogP contribution in [-0.2, 0) is 0 Å². The van der Waals surface area contributed by atoms with Crippen molar-refractivity contribution in [2.45, 2.75) is 25.7 Å². The van der Waals surface area contributed by atoms with Crippen LogP contribution in [0.1, 0.15) is 30.0 Å². The van der Waals surface area contributed by atoms with Crippen molar-refractivity contribution < 1.29 is 0 Å². The summed E-state index contributed by atoms with van der Waals surface area (Å²) in [5.41, 5.74) is 3.19. The van der Waals surface area contributed by atoms with Gasteiger partial charge in [0.1, 0.15) is 5.69 Å². The molecule has 0 saturated heterocycles. The van der Waals surface area contributed by atoms with Crippen molar-refractivity contribution in [2.75, 3.05) is 0 Å². The average Bonchev–Trinajstić information content (AvgIpc) is 3.19. The van der Waals surface area contributed by atoms with E-state index in [-0.39, 0.29) is 5.56 Å². The largest absolute Gasteiger partial charge is 0.320 e. The molecule has 5 nitrogen and oxygen atoms in total. The van der Waals surface area contributed by atoms with Gasteiger partial charge in [-0.3, -0.25) is 4.79 Å². The normalized spacial score (nSPS) is 14.8. The predicted octanol–water partition coefficient (Wildman–Crippen LogP) is 2.29. The fraction of sp³-hybridized carbons (Fsp3) is 0.267. The summed E-state index contributed by atoms with van der Waals surface area (Å²) >= 11 is 0. The van der Waals surface area contributed by atoms with Crippen molar-refractivity contribution in [1.82, 2.24) is 20.0 Å². The number of H-pyrrole nitrogens is 1. The van der Waals surface area contributed by atoms with E-state index in [1.54, 1.807) is 4.68 Å². The van der Waals surface area contributed by atoms with Crippen molar-refractivity contribution in [3.05, 3.63) is 52.1 Å². The van der Waals surface area contributed by atoms with Crippen LogP contribution in [0.25, 0.3) is 16.6 Å². The van der Waals surface area contributed by atoms with Gasteiger partial charge >= 0.3 is 0 Å². The highest BCUT2D eigenvalue weighted by molar-refractivity contribution is 5.84. The number of nitrogens with zero attached hydrogens (tertiary/aromatic N) is 3. The first-order valence-electron chi connectivity index (χ1n) is 6.78. The highest BCUT2D eigenvalue weighted by Gasteiger charge is 2.27. The van der Waals surface area contributed by atoms with Crippen LogP contribution in [-0.4, -0.2) is 20.0 Å². The minimum absolute atomic E-state index is 0.131. The van der Waals surface area contributed by atoms with Crippen molar-refractivity contribution in [3.63, 3.8) is 0 Å². The first-order chi connectivity index (χ1) is 9.74. The molecule has 0 bridgehead atoms. The second-order valence-corrected chi connectivity index (χ2v) is 5.34. The topological polar surface area (TPSA) is 63.6 Å². The van der Waals surface area contributed by atoms with Gasteiger partial charge in [0.25, 0.3) is 5.56 Å². The Kier molecular flexibility index (Phi) is 2.30. The van der Waals surface area contributed by atoms with E-state index in [0.29, 0.717) is 11.6 Å². The molecule has 2 heterocycles. The number of nitrogens with one attached hydrogen (secondary N) is 1. The zero-order chi connectivity index (χ0) is 13.7. The van der Waals surface area contributed by atoms with E-state index in [4.69, 9.17) is 0 Å². The van der Waals surface area contributed by atoms with Gasteiger partial charge in [-0.25, -0.2) is 4.68 Å². The number of fused-ring (bicyclic) bond motifs is 1. The maximum atomic E-state index is 12.3. The molecule has 1 aromatic carbocycles. The van der Waals surface area contributed by atoms with E-state index in [2.05, 4.69) is 15.3 Å². The number of hydrogen-bond acceptors (Lipinski definition) is 3. The number of aromatic amines is 1. The zero-order valence-corrected chi connectivity index (χ0v) is 11.1. The Balaban J connectivity index is 1.95. The Hall–Kier alpha value is -2.43. The quantitative estimate of drug-likeness (QED) is 0.774. The summed E-state index contributed by atoms with van der Waals surface area (Å²) in [6.45, 7) is 1.95. The Labute approximate surface area is 115 Å². The van der Waals surface area contributed by atoms with Crippen molar-refractivity contribution in [1.29, 1.82) is 0 Å². The summed E-state index contributed by atoms with van der Waals surface area (Å²) in [5.74, 6) is 0.531. The van der Waals surface area contributed by atoms with Crippen molar-refractivity contribution in [3.8, 4) is 5.69 Å². The van der Waals surface area contributed by atoms with Gasteiger partial charge in [-0.15, -0.1) is 5.10 Å². The van der Waals surface area contributed by atoms with Gasteiger partial charge in [-0.2, -0.15) is 0 Å². The number of rotatable bonds is 2. The zero-order valence-electron chi connectivity index (χ0n) is 11.1. The molecule has 1 saturated carbocycles. The lowest BCUT2D eigenvalue weighted by Gasteiger charge is -2.07. The number of aromatic nitrogens is 4. The Morgan fingerprint density at radius 2 is 2.10 bits per heavy atom. The molecule has 20 heavy (non-hydrogen) atoms. The highest BCUT2D eigenvalue weighted by Crippen LogP contribution is 2.38. The molecule has 0 spiro atoms. The molecular formula is C15H14N4O. The molecule has 0 radical (unpaired) electrons. The number of hydrogen-bond donors (Lipinski definition) is 1. The summed E-state index contributed by atoms with van der Waals surface area (Å²) in [5, 5.41) is 9.33. The fourth-order valence-electron chi connectivity index (χ4n) is 2.63. The average molecular weight is 266 g/mol. The monoisotopic (exact) mass is 266 g/mol. The summed E-state index contributed by atoms with van der Waals surface area (Å²) in [6, 6.07) is 7.79. The van der Waals surface area contributed by atoms with Gasteiger partial charge < -0.3 is 4.98 Å². The molecule has 3 aromatic rings. The third-order valence-corrected chi connectivity index (χ3v) is 3.89. The van der Waals surface area contributed by atoms with Crippen LogP contribution in [0.4, 0.5) is 0 Å². The van der Waals surface area contributed by atoms with Crippen LogP contribution in [0.5, 0.6) is 0 Å². The highest BCUT2D eigenvalue weighted by atomic mass is 16.1. The maximum absolute atomic E-state index is 12.3. The van der Waals surface area contributed by atoms with Crippen LogP contribution in [0.2, 0.25) is 0 Å². The third-order valence-electron chi connectivity index (χ3n) is 3.89. The lowest BCUT2D eigenvalue weighted by atomic mass is 10.1. The molecule has 1 aliphatic rings. The Bertz CT molecular complexity index is 858. The predicted molar refractivity (Wildman–Crippen MR) is 76.2 cm³/mol. The molecule has 0 aliphatic heterocycles. The smallest absolute Gasteiger partial charge is 0.274 e. The lowest BCUT2D eigenvalue weighted by molar-refractivity contribution is 0.785. The number of para-hydroxylation sites is 1. The molecule has 2 aromatic heterocycles. The van der Waals surface area contributed by atoms with Gasteiger partial charge in [-0.05, 0) is 31.4 Å². The Morgan fingerprint density at radius 3 is 2.90 bits per heavy atom. The Morgan fingerprint density at radius 1 is 1.30 bits per heavy atom. The molecule has 1 aliphatic carbocycles. The minimum Gasteiger partial charge on any atom is -0.320 e. The number of pyridine rings is 1. The number of aryl methyl sites for hydroxylation is 1. The lowest BCUT2D eigenvalue weighted by Crippen LogP contribution is -2.17. The minimum atomic E-state index is -0.131. The molecule has 0 amide bonds. The molecule has 5 heteroatoms. The van der Waals surface area contributed by atoms with Gasteiger partial charge in [0, 0.05) is 16.8 Å². The summed E-state index contributed by atoms with van der Waals surface area (Å²) in [7, 11) is 0. The van der Waals surface area contributed by atoms with E-state index in [9.17, 15) is 4.79 Å². The van der Waals surface area contributed by atoms with Gasteiger partial charge in [0.2, 0.25) is 0 Å². The molecule has 0 unspecified atom stereocenters. The molecule has 1 N–H and O–H groups in total. The van der Waals surface area contributed by atoms with Crippen molar-refractivity contribution >= 4 is 10.9 Å². The van der Waals surface area contributed by atoms with Crippen LogP contribution >= 0.6 is 0 Å². The SMILES string of the molecule is Cc1c(-n2cc(C3CC3)nn2)c(=O)[nH]c2ccccc12. The van der Waals surface area contributed by atoms with Gasteiger partial charge in [-0.1, -0.05) is 23.4 Å². The second kappa shape index (κ2) is 4.03. The van der Waals surface area contributed by atoms with E-state index >= 15 is 0 Å². The summed E-state index contributed by atoms with van der Waals surface area (Å²) in [4.78, 5) is 15.2. The second-order valence-electron chi connectivity index (χ2n) is 5.34. The first kappa shape index (κ1) is 11.4. The summed E-state index contributed by atoms with van der Waals surface area (Å²) in [6.07, 6.45) is 4.22. The van der Waals surface area contributed by atoms with Gasteiger partial charge in [0.05, 0.1) is 11.9 Å². The van der Waals surface area contributed by atoms with E-state index in [1.165, 1.54) is 12.8 Å². The van der Waals surface area contributed by atoms with E-state index < -0.39 is 0 Å². The van der Waals surface area contributed by atoms with E-state index in [0.717, 1.165) is 22.2 Å². The molecular weight excluding hydrogens is 252 g/mol.